The Bertz CT molecular complexity index is 654. The predicted octanol–water partition coefficient (Wildman–Crippen LogP) is -0.864. The number of fused-ring (bicyclic) bond motifs is 1. The Balaban J connectivity index is 2.44. The Hall–Kier alpha value is -2.16. The molecule has 0 aliphatic carbocycles. The van der Waals surface area contributed by atoms with E-state index in [0.29, 0.717) is 5.13 Å². The molecule has 84 valence electrons. The Morgan fingerprint density at radius 3 is 2.81 bits per heavy atom. The van der Waals surface area contributed by atoms with Gasteiger partial charge in [0.15, 0.2) is 5.65 Å². The Morgan fingerprint density at radius 1 is 1.38 bits per heavy atom. The number of thiazole rings is 1. The fraction of sp³-hybridized carbons (Fsp3) is 0.143. The number of aromatic amines is 2. The van der Waals surface area contributed by atoms with Gasteiger partial charge in [0.1, 0.15) is 4.70 Å². The number of carbonyl (C=O) groups excluding carboxylic acids is 1. The number of nitrogens with one attached hydrogen (secondary N) is 4. The quantitative estimate of drug-likeness (QED) is 0.510. The maximum atomic E-state index is 11.3. The third-order valence-corrected chi connectivity index (χ3v) is 2.61. The van der Waals surface area contributed by atoms with E-state index in [9.17, 15) is 14.4 Å². The molecule has 2 heterocycles. The summed E-state index contributed by atoms with van der Waals surface area (Å²) in [6.45, 7) is 1.33. The van der Waals surface area contributed by atoms with E-state index < -0.39 is 11.2 Å². The molecule has 16 heavy (non-hydrogen) atoms. The molecule has 4 N–H and O–H groups in total. The highest BCUT2D eigenvalue weighted by atomic mass is 32.1. The lowest BCUT2D eigenvalue weighted by molar-refractivity contribution is -0.118. The molecule has 0 aliphatic rings. The molecule has 1 amide bonds. The fourth-order valence-electron chi connectivity index (χ4n) is 1.05. The number of anilines is 1. The maximum absolute atomic E-state index is 11.3. The summed E-state index contributed by atoms with van der Waals surface area (Å²) < 4.78 is 0.285. The van der Waals surface area contributed by atoms with Crippen LogP contribution >= 0.6 is 11.3 Å². The first-order chi connectivity index (χ1) is 7.56. The van der Waals surface area contributed by atoms with Crippen molar-refractivity contribution in [3.63, 3.8) is 0 Å². The van der Waals surface area contributed by atoms with Crippen LogP contribution in [0.4, 0.5) is 5.13 Å². The lowest BCUT2D eigenvalue weighted by Crippen LogP contribution is -2.26. The van der Waals surface area contributed by atoms with Crippen molar-refractivity contribution < 1.29 is 4.79 Å². The van der Waals surface area contributed by atoms with E-state index >= 15 is 0 Å². The van der Waals surface area contributed by atoms with Crippen molar-refractivity contribution in [1.29, 1.82) is 0 Å². The third kappa shape index (κ3) is 1.93. The molecule has 0 saturated carbocycles. The molecule has 0 aliphatic heterocycles. The van der Waals surface area contributed by atoms with Crippen molar-refractivity contribution in [2.45, 2.75) is 6.92 Å². The highest BCUT2D eigenvalue weighted by Gasteiger charge is 2.08. The van der Waals surface area contributed by atoms with Crippen LogP contribution in [0, 0.1) is 0 Å². The van der Waals surface area contributed by atoms with Crippen molar-refractivity contribution in [2.75, 3.05) is 5.43 Å². The van der Waals surface area contributed by atoms with Crippen LogP contribution < -0.4 is 22.1 Å². The first-order valence-electron chi connectivity index (χ1n) is 4.22. The summed E-state index contributed by atoms with van der Waals surface area (Å²) in [6, 6.07) is 0. The second kappa shape index (κ2) is 3.77. The lowest BCUT2D eigenvalue weighted by atomic mass is 10.6. The maximum Gasteiger partial charge on any atom is 0.327 e. The zero-order chi connectivity index (χ0) is 11.7. The Labute approximate surface area is 91.7 Å². The van der Waals surface area contributed by atoms with Crippen molar-refractivity contribution in [3.8, 4) is 0 Å². The zero-order valence-corrected chi connectivity index (χ0v) is 8.90. The summed E-state index contributed by atoms with van der Waals surface area (Å²) in [4.78, 5) is 41.3. The molecule has 0 aromatic carbocycles. The number of rotatable bonds is 2. The number of hydrazine groups is 1. The summed E-state index contributed by atoms with van der Waals surface area (Å²) in [5.41, 5.74) is 3.89. The molecule has 0 fully saturated rings. The van der Waals surface area contributed by atoms with Gasteiger partial charge in [-0.1, -0.05) is 11.3 Å². The Kier molecular flexibility index (Phi) is 2.44. The fourth-order valence-corrected chi connectivity index (χ4v) is 1.82. The van der Waals surface area contributed by atoms with Crippen LogP contribution in [0.15, 0.2) is 9.59 Å². The summed E-state index contributed by atoms with van der Waals surface area (Å²) in [6.07, 6.45) is 0. The molecule has 0 unspecified atom stereocenters. The predicted molar refractivity (Wildman–Crippen MR) is 58.3 cm³/mol. The second-order valence-corrected chi connectivity index (χ2v) is 3.91. The molecule has 0 atom stereocenters. The number of amides is 1. The summed E-state index contributed by atoms with van der Waals surface area (Å²) in [7, 11) is 0. The summed E-state index contributed by atoms with van der Waals surface area (Å²) >= 11 is 1.02. The van der Waals surface area contributed by atoms with E-state index in [2.05, 4.69) is 25.8 Å². The van der Waals surface area contributed by atoms with Crippen molar-refractivity contribution in [3.05, 3.63) is 20.8 Å². The number of H-pyrrole nitrogens is 2. The van der Waals surface area contributed by atoms with Gasteiger partial charge in [-0.3, -0.25) is 30.4 Å². The average molecular weight is 241 g/mol. The van der Waals surface area contributed by atoms with Gasteiger partial charge in [0.25, 0.3) is 5.56 Å². The number of carbonyl (C=O) groups is 1. The van der Waals surface area contributed by atoms with E-state index in [1.165, 1.54) is 6.92 Å². The Morgan fingerprint density at radius 2 is 2.12 bits per heavy atom. The molecule has 8 nitrogen and oxygen atoms in total. The van der Waals surface area contributed by atoms with Crippen molar-refractivity contribution >= 4 is 32.7 Å². The van der Waals surface area contributed by atoms with E-state index in [1.54, 1.807) is 0 Å². The van der Waals surface area contributed by atoms with Crippen LogP contribution in [-0.2, 0) is 4.79 Å². The van der Waals surface area contributed by atoms with Crippen LogP contribution in [0.3, 0.4) is 0 Å². The molecular formula is C7H7N5O3S. The van der Waals surface area contributed by atoms with Gasteiger partial charge in [0, 0.05) is 6.92 Å². The largest absolute Gasteiger partial charge is 0.327 e. The van der Waals surface area contributed by atoms with Gasteiger partial charge in [-0.05, 0) is 0 Å². The van der Waals surface area contributed by atoms with Crippen LogP contribution in [0.2, 0.25) is 0 Å². The van der Waals surface area contributed by atoms with Gasteiger partial charge in [0.05, 0.1) is 0 Å². The number of aromatic nitrogens is 3. The normalized spacial score (nSPS) is 10.3. The standard InChI is InChI=1S/C7H7N5O3S/c1-2(13)11-12-7-9-4-3(16-7)5(14)10-6(15)8-4/h1H3,(H,11,13)(H3,8,9,10,12,14,15). The minimum absolute atomic E-state index is 0.187. The summed E-state index contributed by atoms with van der Waals surface area (Å²) in [5.74, 6) is -0.290. The van der Waals surface area contributed by atoms with E-state index in [-0.39, 0.29) is 16.3 Å². The van der Waals surface area contributed by atoms with Gasteiger partial charge in [-0.2, -0.15) is 0 Å². The molecule has 2 aromatic rings. The molecule has 2 rings (SSSR count). The van der Waals surface area contributed by atoms with Gasteiger partial charge in [0.2, 0.25) is 11.0 Å². The van der Waals surface area contributed by atoms with Crippen LogP contribution in [0.25, 0.3) is 10.3 Å². The third-order valence-electron chi connectivity index (χ3n) is 1.64. The van der Waals surface area contributed by atoms with Gasteiger partial charge in [-0.25, -0.2) is 9.78 Å². The first kappa shape index (κ1) is 10.4. The monoisotopic (exact) mass is 241 g/mol. The topological polar surface area (TPSA) is 120 Å². The van der Waals surface area contributed by atoms with E-state index in [0.717, 1.165) is 11.3 Å². The van der Waals surface area contributed by atoms with Gasteiger partial charge >= 0.3 is 5.69 Å². The zero-order valence-electron chi connectivity index (χ0n) is 8.08. The molecule has 0 spiro atoms. The molecule has 0 bridgehead atoms. The highest BCUT2D eigenvalue weighted by molar-refractivity contribution is 7.22. The number of nitrogens with zero attached hydrogens (tertiary/aromatic N) is 1. The number of hydrogen-bond acceptors (Lipinski definition) is 6. The van der Waals surface area contributed by atoms with Crippen molar-refractivity contribution in [1.82, 2.24) is 20.4 Å². The van der Waals surface area contributed by atoms with Gasteiger partial charge < -0.3 is 0 Å². The smallest absolute Gasteiger partial charge is 0.291 e. The second-order valence-electron chi connectivity index (χ2n) is 2.91. The van der Waals surface area contributed by atoms with Gasteiger partial charge in [-0.15, -0.1) is 0 Å². The molecule has 0 radical (unpaired) electrons. The van der Waals surface area contributed by atoms with Crippen LogP contribution in [-0.4, -0.2) is 20.9 Å². The highest BCUT2D eigenvalue weighted by Crippen LogP contribution is 2.19. The molecule has 0 saturated heterocycles. The summed E-state index contributed by atoms with van der Waals surface area (Å²) in [5, 5.41) is 0.317. The van der Waals surface area contributed by atoms with Crippen LogP contribution in [0.5, 0.6) is 0 Å². The minimum atomic E-state index is -0.617. The SMILES string of the molecule is CC(=O)NNc1nc2[nH]c(=O)[nH]c(=O)c2s1. The molecule has 2 aromatic heterocycles. The molecule has 9 heteroatoms. The van der Waals surface area contributed by atoms with E-state index in [1.807, 2.05) is 0 Å². The molecular weight excluding hydrogens is 234 g/mol. The lowest BCUT2D eigenvalue weighted by Gasteiger charge is -1.99. The first-order valence-corrected chi connectivity index (χ1v) is 5.03. The average Bonchev–Trinajstić information content (AvgIpc) is 2.57. The van der Waals surface area contributed by atoms with E-state index in [4.69, 9.17) is 0 Å². The minimum Gasteiger partial charge on any atom is -0.291 e. The van der Waals surface area contributed by atoms with Crippen LogP contribution in [0.1, 0.15) is 6.92 Å². The van der Waals surface area contributed by atoms with Crippen molar-refractivity contribution in [2.24, 2.45) is 0 Å². The number of hydrogen-bond donors (Lipinski definition) is 4.